The van der Waals surface area contributed by atoms with Crippen LogP contribution in [0.3, 0.4) is 0 Å². The lowest BCUT2D eigenvalue weighted by Gasteiger charge is -2.28. The van der Waals surface area contributed by atoms with Gasteiger partial charge in [0.15, 0.2) is 0 Å². The summed E-state index contributed by atoms with van der Waals surface area (Å²) in [5.41, 5.74) is 0.484. The number of rotatable bonds is 4. The summed E-state index contributed by atoms with van der Waals surface area (Å²) in [5.74, 6) is 0. The Morgan fingerprint density at radius 3 is 2.92 bits per heavy atom. The van der Waals surface area contributed by atoms with E-state index in [9.17, 15) is 0 Å². The molecule has 0 aliphatic carbocycles. The second kappa shape index (κ2) is 4.06. The Balaban J connectivity index is 2.32. The van der Waals surface area contributed by atoms with Crippen LogP contribution in [0.25, 0.3) is 0 Å². The molecule has 0 amide bonds. The highest BCUT2D eigenvalue weighted by Crippen LogP contribution is 2.24. The molecular weight excluding hydrogens is 148 g/mol. The normalized spacial score (nSPS) is 29.6. The predicted octanol–water partition coefficient (Wildman–Crippen LogP) is 1.10. The molecule has 0 aromatic rings. The standard InChI is InChI=1S/C10H20N2/c1-4-7-12(3)9-10(2)5-6-11-8-10/h4,11H,1,5-9H2,2-3H3. The van der Waals surface area contributed by atoms with E-state index in [1.165, 1.54) is 19.5 Å². The Bertz CT molecular complexity index is 148. The molecule has 0 spiro atoms. The molecule has 1 fully saturated rings. The zero-order valence-corrected chi connectivity index (χ0v) is 8.27. The molecule has 0 saturated carbocycles. The van der Waals surface area contributed by atoms with E-state index in [0.29, 0.717) is 5.41 Å². The molecule has 1 atom stereocenters. The van der Waals surface area contributed by atoms with E-state index in [0.717, 1.165) is 13.1 Å². The summed E-state index contributed by atoms with van der Waals surface area (Å²) in [4.78, 5) is 2.33. The van der Waals surface area contributed by atoms with Crippen molar-refractivity contribution < 1.29 is 0 Å². The molecule has 12 heavy (non-hydrogen) atoms. The first-order valence-corrected chi connectivity index (χ1v) is 4.66. The molecule has 2 nitrogen and oxygen atoms in total. The van der Waals surface area contributed by atoms with Gasteiger partial charge in [-0.2, -0.15) is 0 Å². The summed E-state index contributed by atoms with van der Waals surface area (Å²) in [6.45, 7) is 10.6. The summed E-state index contributed by atoms with van der Waals surface area (Å²) < 4.78 is 0. The third kappa shape index (κ3) is 2.61. The molecule has 0 aromatic carbocycles. The van der Waals surface area contributed by atoms with Crippen molar-refractivity contribution in [3.05, 3.63) is 12.7 Å². The fourth-order valence-corrected chi connectivity index (χ4v) is 1.94. The summed E-state index contributed by atoms with van der Waals surface area (Å²) >= 11 is 0. The van der Waals surface area contributed by atoms with Crippen LogP contribution in [0.4, 0.5) is 0 Å². The zero-order valence-electron chi connectivity index (χ0n) is 8.27. The van der Waals surface area contributed by atoms with Gasteiger partial charge in [0.25, 0.3) is 0 Å². The van der Waals surface area contributed by atoms with Crippen LogP contribution in [-0.2, 0) is 0 Å². The van der Waals surface area contributed by atoms with Gasteiger partial charge in [0.1, 0.15) is 0 Å². The minimum atomic E-state index is 0.484. The van der Waals surface area contributed by atoms with Gasteiger partial charge < -0.3 is 10.2 Å². The van der Waals surface area contributed by atoms with E-state index in [2.05, 4.69) is 30.8 Å². The lowest BCUT2D eigenvalue weighted by atomic mass is 9.89. The van der Waals surface area contributed by atoms with Crippen LogP contribution in [0.5, 0.6) is 0 Å². The number of hydrogen-bond donors (Lipinski definition) is 1. The maximum atomic E-state index is 3.74. The minimum absolute atomic E-state index is 0.484. The minimum Gasteiger partial charge on any atom is -0.316 e. The van der Waals surface area contributed by atoms with Crippen molar-refractivity contribution in [3.8, 4) is 0 Å². The Hall–Kier alpha value is -0.340. The summed E-state index contributed by atoms with van der Waals surface area (Å²) in [6.07, 6.45) is 3.26. The molecule has 1 unspecified atom stereocenters. The number of likely N-dealkylation sites (N-methyl/N-ethyl adjacent to an activating group) is 1. The van der Waals surface area contributed by atoms with Crippen molar-refractivity contribution in [1.29, 1.82) is 0 Å². The van der Waals surface area contributed by atoms with Crippen molar-refractivity contribution in [1.82, 2.24) is 10.2 Å². The molecular formula is C10H20N2. The number of nitrogens with one attached hydrogen (secondary N) is 1. The van der Waals surface area contributed by atoms with E-state index in [1.807, 2.05) is 6.08 Å². The number of hydrogen-bond acceptors (Lipinski definition) is 2. The van der Waals surface area contributed by atoms with Crippen molar-refractivity contribution in [2.75, 3.05) is 33.2 Å². The average molecular weight is 168 g/mol. The highest BCUT2D eigenvalue weighted by molar-refractivity contribution is 4.87. The van der Waals surface area contributed by atoms with Crippen LogP contribution in [0.1, 0.15) is 13.3 Å². The van der Waals surface area contributed by atoms with Gasteiger partial charge in [-0.1, -0.05) is 13.0 Å². The van der Waals surface area contributed by atoms with Crippen molar-refractivity contribution in [2.24, 2.45) is 5.41 Å². The Labute approximate surface area is 75.6 Å². The van der Waals surface area contributed by atoms with Crippen LogP contribution in [0, 0.1) is 5.41 Å². The number of nitrogens with zero attached hydrogens (tertiary/aromatic N) is 1. The molecule has 2 heteroatoms. The maximum Gasteiger partial charge on any atom is 0.0157 e. The van der Waals surface area contributed by atoms with Gasteiger partial charge in [0, 0.05) is 19.6 Å². The van der Waals surface area contributed by atoms with Crippen molar-refractivity contribution in [2.45, 2.75) is 13.3 Å². The Morgan fingerprint density at radius 2 is 2.42 bits per heavy atom. The molecule has 1 N–H and O–H groups in total. The lowest BCUT2D eigenvalue weighted by Crippen LogP contribution is -2.35. The quantitative estimate of drug-likeness (QED) is 0.632. The van der Waals surface area contributed by atoms with Gasteiger partial charge >= 0.3 is 0 Å². The predicted molar refractivity (Wildman–Crippen MR) is 53.3 cm³/mol. The van der Waals surface area contributed by atoms with Gasteiger partial charge in [0.2, 0.25) is 0 Å². The van der Waals surface area contributed by atoms with Crippen LogP contribution < -0.4 is 5.32 Å². The van der Waals surface area contributed by atoms with Crippen LogP contribution in [-0.4, -0.2) is 38.1 Å². The summed E-state index contributed by atoms with van der Waals surface area (Å²) in [7, 11) is 2.16. The second-order valence-electron chi connectivity index (χ2n) is 4.22. The van der Waals surface area contributed by atoms with Crippen molar-refractivity contribution >= 4 is 0 Å². The van der Waals surface area contributed by atoms with E-state index in [4.69, 9.17) is 0 Å². The van der Waals surface area contributed by atoms with Crippen LogP contribution in [0.2, 0.25) is 0 Å². The van der Waals surface area contributed by atoms with Gasteiger partial charge in [-0.05, 0) is 25.4 Å². The van der Waals surface area contributed by atoms with Crippen molar-refractivity contribution in [3.63, 3.8) is 0 Å². The third-order valence-electron chi connectivity index (χ3n) is 2.55. The lowest BCUT2D eigenvalue weighted by molar-refractivity contribution is 0.224. The largest absolute Gasteiger partial charge is 0.316 e. The monoisotopic (exact) mass is 168 g/mol. The SMILES string of the molecule is C=CCN(C)CC1(C)CCNC1. The fraction of sp³-hybridized carbons (Fsp3) is 0.800. The fourth-order valence-electron chi connectivity index (χ4n) is 1.94. The van der Waals surface area contributed by atoms with E-state index in [-0.39, 0.29) is 0 Å². The molecule has 1 rings (SSSR count). The first kappa shape index (κ1) is 9.75. The molecule has 1 saturated heterocycles. The van der Waals surface area contributed by atoms with Gasteiger partial charge in [0.05, 0.1) is 0 Å². The zero-order chi connectivity index (χ0) is 9.03. The van der Waals surface area contributed by atoms with Gasteiger partial charge in [-0.25, -0.2) is 0 Å². The van der Waals surface area contributed by atoms with E-state index < -0.39 is 0 Å². The first-order valence-electron chi connectivity index (χ1n) is 4.66. The van der Waals surface area contributed by atoms with Crippen LogP contribution in [0.15, 0.2) is 12.7 Å². The molecule has 0 aromatic heterocycles. The molecule has 0 bridgehead atoms. The molecule has 0 radical (unpaired) electrons. The highest BCUT2D eigenvalue weighted by Gasteiger charge is 2.29. The Morgan fingerprint density at radius 1 is 1.67 bits per heavy atom. The molecule has 1 heterocycles. The average Bonchev–Trinajstić information content (AvgIpc) is 2.36. The third-order valence-corrected chi connectivity index (χ3v) is 2.55. The van der Waals surface area contributed by atoms with Crippen LogP contribution >= 0.6 is 0 Å². The molecule has 1 aliphatic heterocycles. The van der Waals surface area contributed by atoms with Gasteiger partial charge in [-0.15, -0.1) is 6.58 Å². The molecule has 70 valence electrons. The Kier molecular flexibility index (Phi) is 3.29. The summed E-state index contributed by atoms with van der Waals surface area (Å²) in [5, 5.41) is 3.41. The molecule has 1 aliphatic rings. The topological polar surface area (TPSA) is 15.3 Å². The van der Waals surface area contributed by atoms with Gasteiger partial charge in [-0.3, -0.25) is 0 Å². The highest BCUT2D eigenvalue weighted by atomic mass is 15.1. The van der Waals surface area contributed by atoms with E-state index in [1.54, 1.807) is 0 Å². The van der Waals surface area contributed by atoms with E-state index >= 15 is 0 Å². The maximum absolute atomic E-state index is 3.74. The first-order chi connectivity index (χ1) is 5.66. The second-order valence-corrected chi connectivity index (χ2v) is 4.22. The summed E-state index contributed by atoms with van der Waals surface area (Å²) in [6, 6.07) is 0. The smallest absolute Gasteiger partial charge is 0.0157 e.